The van der Waals surface area contributed by atoms with Crippen LogP contribution in [0, 0.1) is 0 Å². The second-order valence-corrected chi connectivity index (χ2v) is 6.76. The highest BCUT2D eigenvalue weighted by molar-refractivity contribution is 5.94. The molecule has 0 aromatic carbocycles. The van der Waals surface area contributed by atoms with Gasteiger partial charge in [-0.2, -0.15) is 5.10 Å². The lowest BCUT2D eigenvalue weighted by Crippen LogP contribution is -2.26. The maximum absolute atomic E-state index is 12.4. The fourth-order valence-electron chi connectivity index (χ4n) is 3.45. The Balaban J connectivity index is 1.60. The normalized spacial score (nSPS) is 13.8. The summed E-state index contributed by atoms with van der Waals surface area (Å²) in [5.74, 6) is 3.20. The molecule has 0 bridgehead atoms. The number of aryl methyl sites for hydroxylation is 2. The first-order valence-electron chi connectivity index (χ1n) is 8.96. The molecule has 0 saturated heterocycles. The minimum Gasteiger partial charge on any atom is -0.325 e. The van der Waals surface area contributed by atoms with Gasteiger partial charge in [-0.1, -0.05) is 0 Å². The van der Waals surface area contributed by atoms with Gasteiger partial charge in [0.25, 0.3) is 0 Å². The average molecular weight is 374 g/mol. The van der Waals surface area contributed by atoms with Crippen molar-refractivity contribution in [3.8, 4) is 11.1 Å². The van der Waals surface area contributed by atoms with Crippen LogP contribution in [0.5, 0.6) is 0 Å². The Labute approximate surface area is 160 Å². The predicted octanol–water partition coefficient (Wildman–Crippen LogP) is 2.18. The van der Waals surface area contributed by atoms with Crippen LogP contribution >= 0.6 is 0 Å². The van der Waals surface area contributed by atoms with Gasteiger partial charge in [-0.25, -0.2) is 4.98 Å². The van der Waals surface area contributed by atoms with Gasteiger partial charge in [0.05, 0.1) is 6.20 Å². The van der Waals surface area contributed by atoms with Gasteiger partial charge in [0.15, 0.2) is 5.65 Å². The van der Waals surface area contributed by atoms with Crippen molar-refractivity contribution in [2.45, 2.75) is 12.8 Å². The van der Waals surface area contributed by atoms with Crippen LogP contribution in [0.4, 0.5) is 17.5 Å². The largest absolute Gasteiger partial charge is 0.325 e. The average Bonchev–Trinajstić information content (AvgIpc) is 3.28. The molecule has 4 aromatic rings. The second-order valence-electron chi connectivity index (χ2n) is 6.76. The SMILES string of the molecule is CN1C(=O)CCc2nnc3cc(-c4ccnc(Nc5ccnn5C)c4)cc1n23. The lowest BCUT2D eigenvalue weighted by Gasteiger charge is -2.18. The van der Waals surface area contributed by atoms with E-state index in [1.165, 1.54) is 0 Å². The summed E-state index contributed by atoms with van der Waals surface area (Å²) in [5, 5.41) is 16.0. The molecule has 0 spiro atoms. The van der Waals surface area contributed by atoms with Crippen molar-refractivity contribution >= 4 is 29.0 Å². The van der Waals surface area contributed by atoms with Crippen LogP contribution in [0.2, 0.25) is 0 Å². The highest BCUT2D eigenvalue weighted by Crippen LogP contribution is 2.30. The van der Waals surface area contributed by atoms with Crippen molar-refractivity contribution in [3.05, 3.63) is 48.5 Å². The van der Waals surface area contributed by atoms with Crippen molar-refractivity contribution in [3.63, 3.8) is 0 Å². The van der Waals surface area contributed by atoms with Gasteiger partial charge >= 0.3 is 0 Å². The van der Waals surface area contributed by atoms with Gasteiger partial charge in [0.2, 0.25) is 5.91 Å². The summed E-state index contributed by atoms with van der Waals surface area (Å²) in [7, 11) is 3.65. The third-order valence-electron chi connectivity index (χ3n) is 5.00. The van der Waals surface area contributed by atoms with Crippen molar-refractivity contribution in [1.82, 2.24) is 29.4 Å². The number of hydrogen-bond donors (Lipinski definition) is 1. The van der Waals surface area contributed by atoms with E-state index in [0.717, 1.165) is 34.2 Å². The molecular weight excluding hydrogens is 356 g/mol. The molecule has 9 heteroatoms. The number of carbonyl (C=O) groups excluding carboxylic acids is 1. The standard InChI is InChI=1S/C19H18N8O/c1-25-18-11-13(10-17-24-23-16(27(17)18)3-4-19(25)28)12-5-7-20-14(9-12)22-15-6-8-21-26(15)2/h5-11H,3-4H2,1-2H3,(H,20,22). The monoisotopic (exact) mass is 374 g/mol. The first-order valence-corrected chi connectivity index (χ1v) is 8.96. The third kappa shape index (κ3) is 2.59. The van der Waals surface area contributed by atoms with Crippen molar-refractivity contribution in [2.75, 3.05) is 17.3 Å². The molecule has 0 radical (unpaired) electrons. The highest BCUT2D eigenvalue weighted by atomic mass is 16.2. The summed E-state index contributed by atoms with van der Waals surface area (Å²) in [5.41, 5.74) is 2.63. The maximum Gasteiger partial charge on any atom is 0.228 e. The van der Waals surface area contributed by atoms with Crippen molar-refractivity contribution < 1.29 is 4.79 Å². The number of rotatable bonds is 3. The summed E-state index contributed by atoms with van der Waals surface area (Å²) in [6.45, 7) is 0. The van der Waals surface area contributed by atoms with E-state index in [-0.39, 0.29) is 5.91 Å². The number of anilines is 3. The van der Waals surface area contributed by atoms with Crippen LogP contribution in [0.3, 0.4) is 0 Å². The van der Waals surface area contributed by atoms with Gasteiger partial charge < -0.3 is 10.2 Å². The maximum atomic E-state index is 12.4. The van der Waals surface area contributed by atoms with E-state index in [4.69, 9.17) is 0 Å². The fourth-order valence-corrected chi connectivity index (χ4v) is 3.45. The topological polar surface area (TPSA) is 93.2 Å². The molecule has 1 aliphatic rings. The number of amides is 1. The Hall–Kier alpha value is -3.75. The Morgan fingerprint density at radius 3 is 2.71 bits per heavy atom. The Kier molecular flexibility index (Phi) is 3.61. The number of nitrogens with zero attached hydrogens (tertiary/aromatic N) is 7. The van der Waals surface area contributed by atoms with Crippen LogP contribution < -0.4 is 10.2 Å². The summed E-state index contributed by atoms with van der Waals surface area (Å²) >= 11 is 0. The molecule has 1 aliphatic heterocycles. The molecule has 0 aliphatic carbocycles. The van der Waals surface area contributed by atoms with E-state index in [9.17, 15) is 4.79 Å². The van der Waals surface area contributed by atoms with E-state index in [2.05, 4.69) is 25.6 Å². The van der Waals surface area contributed by atoms with E-state index in [1.54, 1.807) is 29.0 Å². The molecular formula is C19H18N8O. The zero-order valence-electron chi connectivity index (χ0n) is 15.5. The smallest absolute Gasteiger partial charge is 0.228 e. The van der Waals surface area contributed by atoms with Crippen LogP contribution in [-0.2, 0) is 18.3 Å². The van der Waals surface area contributed by atoms with Crippen LogP contribution in [0.15, 0.2) is 42.7 Å². The molecule has 4 aromatic heterocycles. The molecule has 9 nitrogen and oxygen atoms in total. The number of pyridine rings is 2. The van der Waals surface area contributed by atoms with Crippen LogP contribution in [0.1, 0.15) is 12.2 Å². The van der Waals surface area contributed by atoms with E-state index in [0.29, 0.717) is 18.7 Å². The second kappa shape index (κ2) is 6.15. The Morgan fingerprint density at radius 1 is 1.00 bits per heavy atom. The number of carbonyl (C=O) groups is 1. The highest BCUT2D eigenvalue weighted by Gasteiger charge is 2.23. The molecule has 1 N–H and O–H groups in total. The van der Waals surface area contributed by atoms with Gasteiger partial charge in [-0.05, 0) is 35.4 Å². The lowest BCUT2D eigenvalue weighted by atomic mass is 10.1. The molecule has 0 atom stereocenters. The van der Waals surface area contributed by atoms with E-state index < -0.39 is 0 Å². The number of hydrogen-bond acceptors (Lipinski definition) is 6. The quantitative estimate of drug-likeness (QED) is 0.591. The number of nitrogens with one attached hydrogen (secondary N) is 1. The summed E-state index contributed by atoms with van der Waals surface area (Å²) in [4.78, 5) is 18.4. The van der Waals surface area contributed by atoms with Gasteiger partial charge in [-0.3, -0.25) is 13.9 Å². The molecule has 1 amide bonds. The fraction of sp³-hybridized carbons (Fsp3) is 0.211. The molecule has 0 unspecified atom stereocenters. The summed E-state index contributed by atoms with van der Waals surface area (Å²) in [6, 6.07) is 9.75. The Morgan fingerprint density at radius 2 is 1.89 bits per heavy atom. The zero-order valence-corrected chi connectivity index (χ0v) is 15.5. The molecule has 140 valence electrons. The molecule has 0 saturated carbocycles. The summed E-state index contributed by atoms with van der Waals surface area (Å²) < 4.78 is 3.69. The first-order chi connectivity index (χ1) is 13.6. The molecule has 28 heavy (non-hydrogen) atoms. The zero-order chi connectivity index (χ0) is 19.3. The minimum atomic E-state index is 0.0669. The van der Waals surface area contributed by atoms with Gasteiger partial charge in [0.1, 0.15) is 23.3 Å². The molecule has 5 rings (SSSR count). The van der Waals surface area contributed by atoms with E-state index >= 15 is 0 Å². The minimum absolute atomic E-state index is 0.0669. The van der Waals surface area contributed by atoms with Crippen LogP contribution in [0.25, 0.3) is 16.8 Å². The van der Waals surface area contributed by atoms with Crippen LogP contribution in [-0.4, -0.2) is 42.3 Å². The lowest BCUT2D eigenvalue weighted by molar-refractivity contribution is -0.118. The van der Waals surface area contributed by atoms with Gasteiger partial charge in [0, 0.05) is 39.2 Å². The Bertz CT molecular complexity index is 1210. The third-order valence-corrected chi connectivity index (χ3v) is 5.00. The molecule has 0 fully saturated rings. The van der Waals surface area contributed by atoms with Gasteiger partial charge in [-0.15, -0.1) is 10.2 Å². The molecule has 5 heterocycles. The predicted molar refractivity (Wildman–Crippen MR) is 104 cm³/mol. The number of aromatic nitrogens is 6. The summed E-state index contributed by atoms with van der Waals surface area (Å²) in [6.07, 6.45) is 4.49. The first kappa shape index (κ1) is 16.4. The van der Waals surface area contributed by atoms with Crippen molar-refractivity contribution in [2.24, 2.45) is 7.05 Å². The van der Waals surface area contributed by atoms with E-state index in [1.807, 2.05) is 41.8 Å². The van der Waals surface area contributed by atoms with Crippen molar-refractivity contribution in [1.29, 1.82) is 0 Å².